The number of ether oxygens (including phenoxy) is 2. The molecule has 0 fully saturated rings. The number of unbranched alkanes of at least 4 members (excludes halogenated alkanes) is 2. The van der Waals surface area contributed by atoms with Crippen LogP contribution in [0.4, 0.5) is 0 Å². The van der Waals surface area contributed by atoms with Crippen molar-refractivity contribution >= 4 is 29.7 Å². The highest BCUT2D eigenvalue weighted by Gasteiger charge is 2.28. The molecular weight excluding hydrogens is 440 g/mol. The Kier molecular flexibility index (Phi) is 11.9. The zero-order valence-corrected chi connectivity index (χ0v) is 18.1. The zero-order chi connectivity index (χ0) is 24.8. The second-order valence-corrected chi connectivity index (χ2v) is 7.03. The molecule has 182 valence electrons. The molecule has 0 unspecified atom stereocenters. The smallest absolute Gasteiger partial charge is 0.356 e. The van der Waals surface area contributed by atoms with Crippen molar-refractivity contribution < 1.29 is 48.8 Å². The van der Waals surface area contributed by atoms with Gasteiger partial charge < -0.3 is 35.4 Å². The normalized spacial score (nSPS) is 11.5. The van der Waals surface area contributed by atoms with Gasteiger partial charge >= 0.3 is 17.9 Å². The predicted octanol–water partition coefficient (Wildman–Crippen LogP) is 0.0381. The van der Waals surface area contributed by atoms with Gasteiger partial charge in [0.2, 0.25) is 11.8 Å². The van der Waals surface area contributed by atoms with E-state index in [1.165, 1.54) is 24.3 Å². The Morgan fingerprint density at radius 1 is 0.939 bits per heavy atom. The lowest BCUT2D eigenvalue weighted by atomic mass is 10.0. The molecule has 33 heavy (non-hydrogen) atoms. The summed E-state index contributed by atoms with van der Waals surface area (Å²) in [5, 5.41) is 31.6. The highest BCUT2D eigenvalue weighted by molar-refractivity contribution is 5.96. The van der Waals surface area contributed by atoms with E-state index in [1.807, 2.05) is 6.92 Å². The van der Waals surface area contributed by atoms with Gasteiger partial charge in [0.25, 0.3) is 6.10 Å². The third kappa shape index (κ3) is 11.0. The van der Waals surface area contributed by atoms with Gasteiger partial charge in [0, 0.05) is 13.0 Å². The summed E-state index contributed by atoms with van der Waals surface area (Å²) in [6.45, 7) is 1.25. The second kappa shape index (κ2) is 14.4. The molecular formula is C21H28N2O10. The molecule has 0 aliphatic heterocycles. The van der Waals surface area contributed by atoms with Crippen molar-refractivity contribution in [3.8, 4) is 5.75 Å². The number of benzene rings is 1. The Hall–Kier alpha value is -3.67. The number of amides is 2. The van der Waals surface area contributed by atoms with Crippen LogP contribution in [0, 0.1) is 0 Å². The highest BCUT2D eigenvalue weighted by Crippen LogP contribution is 2.16. The van der Waals surface area contributed by atoms with E-state index in [1.54, 1.807) is 0 Å². The quantitative estimate of drug-likeness (QED) is 0.164. The Balaban J connectivity index is 2.82. The number of nitrogens with one attached hydrogen (secondary N) is 2. The maximum absolute atomic E-state index is 12.6. The Morgan fingerprint density at radius 2 is 1.58 bits per heavy atom. The van der Waals surface area contributed by atoms with Gasteiger partial charge in [0.05, 0.1) is 0 Å². The average Bonchev–Trinajstić information content (AvgIpc) is 2.74. The topological polar surface area (TPSA) is 189 Å². The summed E-state index contributed by atoms with van der Waals surface area (Å²) in [4.78, 5) is 57.0. The fraction of sp³-hybridized carbons (Fsp3) is 0.476. The number of carboxylic acid groups (broad SMARTS) is 3. The first-order valence-electron chi connectivity index (χ1n) is 10.2. The third-order valence-electron chi connectivity index (χ3n) is 4.26. The van der Waals surface area contributed by atoms with Gasteiger partial charge in [-0.3, -0.25) is 9.59 Å². The fourth-order valence-corrected chi connectivity index (χ4v) is 2.67. The molecule has 12 nitrogen and oxygen atoms in total. The van der Waals surface area contributed by atoms with Gasteiger partial charge in [-0.05, 0) is 24.1 Å². The van der Waals surface area contributed by atoms with Crippen LogP contribution in [0.2, 0.25) is 0 Å². The number of carbonyl (C=O) groups is 5. The van der Waals surface area contributed by atoms with Crippen LogP contribution in [0.3, 0.4) is 0 Å². The van der Waals surface area contributed by atoms with Crippen LogP contribution in [0.1, 0.15) is 31.7 Å². The molecule has 5 N–H and O–H groups in total. The lowest BCUT2D eigenvalue weighted by Gasteiger charge is -2.19. The minimum atomic E-state index is -2.07. The van der Waals surface area contributed by atoms with E-state index in [0.29, 0.717) is 12.1 Å². The van der Waals surface area contributed by atoms with Crippen LogP contribution >= 0.6 is 0 Å². The molecule has 1 atom stereocenters. The monoisotopic (exact) mass is 468 g/mol. The van der Waals surface area contributed by atoms with Crippen LogP contribution in [-0.4, -0.2) is 76.9 Å². The first-order chi connectivity index (χ1) is 15.6. The zero-order valence-electron chi connectivity index (χ0n) is 18.1. The summed E-state index contributed by atoms with van der Waals surface area (Å²) >= 11 is 0. The minimum absolute atomic E-state index is 0.000207. The molecule has 12 heteroatoms. The molecule has 1 rings (SSSR count). The predicted molar refractivity (Wildman–Crippen MR) is 113 cm³/mol. The van der Waals surface area contributed by atoms with E-state index < -0.39 is 55.1 Å². The summed E-state index contributed by atoms with van der Waals surface area (Å²) in [6.07, 6.45) is 0.657. The van der Waals surface area contributed by atoms with Gasteiger partial charge in [0.15, 0.2) is 0 Å². The van der Waals surface area contributed by atoms with E-state index in [9.17, 15) is 24.0 Å². The van der Waals surface area contributed by atoms with E-state index in [0.717, 1.165) is 19.3 Å². The number of hydrogen-bond donors (Lipinski definition) is 5. The minimum Gasteiger partial charge on any atom is -0.480 e. The number of carbonyl (C=O) groups excluding carboxylic acids is 2. The summed E-state index contributed by atoms with van der Waals surface area (Å²) in [6, 6.07) is 4.72. The lowest BCUT2D eigenvalue weighted by Crippen LogP contribution is -2.49. The lowest BCUT2D eigenvalue weighted by molar-refractivity contribution is -0.159. The summed E-state index contributed by atoms with van der Waals surface area (Å²) in [7, 11) is 0. The van der Waals surface area contributed by atoms with Gasteiger partial charge in [-0.15, -0.1) is 0 Å². The van der Waals surface area contributed by atoms with Gasteiger partial charge in [-0.25, -0.2) is 14.4 Å². The standard InChI is InChI=1S/C21H28N2O10/c1-2-3-4-9-22-19(27)15(23-16(24)11-32-12-17(25)26)10-13-5-7-14(8-6-13)33-18(20(28)29)21(30)31/h5-8,15,18H,2-4,9-12H2,1H3,(H,22,27)(H,23,24)(H,25,26)(H,28,29)(H,30,31)/t15-/m0/s1. The van der Waals surface area contributed by atoms with Crippen molar-refractivity contribution in [1.82, 2.24) is 10.6 Å². The molecule has 0 saturated heterocycles. The first-order valence-corrected chi connectivity index (χ1v) is 10.2. The SMILES string of the molecule is CCCCCNC(=O)[C@H](Cc1ccc(OC(C(=O)O)C(=O)O)cc1)NC(=O)COCC(=O)O. The van der Waals surface area contributed by atoms with Crippen molar-refractivity contribution in [3.05, 3.63) is 29.8 Å². The molecule has 0 saturated carbocycles. The van der Waals surface area contributed by atoms with Crippen molar-refractivity contribution in [2.75, 3.05) is 19.8 Å². The Bertz CT molecular complexity index is 811. The molecule has 0 radical (unpaired) electrons. The first kappa shape index (κ1) is 27.4. The third-order valence-corrected chi connectivity index (χ3v) is 4.26. The summed E-state index contributed by atoms with van der Waals surface area (Å²) in [5.74, 6) is -5.65. The average molecular weight is 468 g/mol. The maximum atomic E-state index is 12.6. The highest BCUT2D eigenvalue weighted by atomic mass is 16.5. The molecule has 0 aliphatic rings. The fourth-order valence-electron chi connectivity index (χ4n) is 2.67. The molecule has 0 aliphatic carbocycles. The molecule has 0 aromatic heterocycles. The molecule has 0 heterocycles. The van der Waals surface area contributed by atoms with E-state index in [4.69, 9.17) is 24.8 Å². The Labute approximate surface area is 189 Å². The van der Waals surface area contributed by atoms with E-state index >= 15 is 0 Å². The van der Waals surface area contributed by atoms with Gasteiger partial charge in [-0.1, -0.05) is 31.9 Å². The summed E-state index contributed by atoms with van der Waals surface area (Å²) in [5.41, 5.74) is 0.574. The van der Waals surface area contributed by atoms with Crippen LogP contribution < -0.4 is 15.4 Å². The molecule has 2 amide bonds. The second-order valence-electron chi connectivity index (χ2n) is 7.03. The largest absolute Gasteiger partial charge is 0.480 e. The number of hydrogen-bond acceptors (Lipinski definition) is 7. The maximum Gasteiger partial charge on any atom is 0.356 e. The summed E-state index contributed by atoms with van der Waals surface area (Å²) < 4.78 is 9.67. The van der Waals surface area contributed by atoms with Crippen LogP contribution in [-0.2, 0) is 35.1 Å². The van der Waals surface area contributed by atoms with Crippen molar-refractivity contribution in [3.63, 3.8) is 0 Å². The van der Waals surface area contributed by atoms with Crippen molar-refractivity contribution in [2.45, 2.75) is 44.8 Å². The number of rotatable bonds is 16. The van der Waals surface area contributed by atoms with Crippen molar-refractivity contribution in [1.29, 1.82) is 0 Å². The van der Waals surface area contributed by atoms with Crippen LogP contribution in [0.5, 0.6) is 5.75 Å². The van der Waals surface area contributed by atoms with Gasteiger partial charge in [0.1, 0.15) is 25.0 Å². The number of carboxylic acids is 3. The van der Waals surface area contributed by atoms with E-state index in [-0.39, 0.29) is 12.2 Å². The number of aliphatic carboxylic acids is 3. The molecule has 0 spiro atoms. The Morgan fingerprint density at radius 3 is 2.12 bits per heavy atom. The van der Waals surface area contributed by atoms with Crippen LogP contribution in [0.25, 0.3) is 0 Å². The molecule has 0 bridgehead atoms. The van der Waals surface area contributed by atoms with E-state index in [2.05, 4.69) is 10.6 Å². The molecule has 1 aromatic carbocycles. The van der Waals surface area contributed by atoms with Gasteiger partial charge in [-0.2, -0.15) is 0 Å². The molecule has 1 aromatic rings. The van der Waals surface area contributed by atoms with Crippen LogP contribution in [0.15, 0.2) is 24.3 Å². The van der Waals surface area contributed by atoms with Crippen molar-refractivity contribution in [2.24, 2.45) is 0 Å².